The Balaban J connectivity index is 2.43. The van der Waals surface area contributed by atoms with Crippen molar-refractivity contribution >= 4 is 11.9 Å². The molecule has 1 aromatic carbocycles. The Hall–Kier alpha value is -2.76. The third kappa shape index (κ3) is 3.42. The van der Waals surface area contributed by atoms with E-state index < -0.39 is 24.1 Å². The summed E-state index contributed by atoms with van der Waals surface area (Å²) in [5.74, 6) is -0.949. The van der Waals surface area contributed by atoms with Crippen LogP contribution in [0.25, 0.3) is 0 Å². The lowest BCUT2D eigenvalue weighted by atomic mass is 10.0. The monoisotopic (exact) mass is 332 g/mol. The maximum Gasteiger partial charge on any atom is 0.334 e. The van der Waals surface area contributed by atoms with Crippen molar-refractivity contribution < 1.29 is 28.9 Å². The molecule has 0 aromatic heterocycles. The zero-order valence-electron chi connectivity index (χ0n) is 14.1. The van der Waals surface area contributed by atoms with E-state index >= 15 is 0 Å². The quantitative estimate of drug-likeness (QED) is 0.395. The van der Waals surface area contributed by atoms with E-state index in [1.54, 1.807) is 26.8 Å². The number of benzene rings is 1. The van der Waals surface area contributed by atoms with Gasteiger partial charge in [0, 0.05) is 24.1 Å². The van der Waals surface area contributed by atoms with Gasteiger partial charge in [-0.25, -0.2) is 4.79 Å². The lowest BCUT2D eigenvalue weighted by molar-refractivity contribution is -0.147. The molecule has 6 heteroatoms. The van der Waals surface area contributed by atoms with E-state index in [1.807, 2.05) is 0 Å². The van der Waals surface area contributed by atoms with E-state index in [2.05, 4.69) is 6.58 Å². The highest BCUT2D eigenvalue weighted by Gasteiger charge is 2.39. The number of fused-ring (bicyclic) bond motifs is 1. The van der Waals surface area contributed by atoms with Gasteiger partial charge in [-0.05, 0) is 32.4 Å². The molecule has 2 atom stereocenters. The highest BCUT2D eigenvalue weighted by atomic mass is 16.6. The van der Waals surface area contributed by atoms with Gasteiger partial charge < -0.3 is 19.3 Å². The van der Waals surface area contributed by atoms with Crippen LogP contribution >= 0.6 is 0 Å². The highest BCUT2D eigenvalue weighted by Crippen LogP contribution is 2.46. The fraction of sp³-hybridized carbons (Fsp3) is 0.333. The zero-order chi connectivity index (χ0) is 18.0. The van der Waals surface area contributed by atoms with Gasteiger partial charge in [0.2, 0.25) is 0 Å². The molecule has 0 unspecified atom stereocenters. The summed E-state index contributed by atoms with van der Waals surface area (Å²) in [5, 5.41) is 9.95. The second kappa shape index (κ2) is 6.78. The highest BCUT2D eigenvalue weighted by molar-refractivity contribution is 5.88. The summed E-state index contributed by atoms with van der Waals surface area (Å²) in [5.41, 5.74) is 1.63. The van der Waals surface area contributed by atoms with Crippen molar-refractivity contribution in [1.82, 2.24) is 0 Å². The van der Waals surface area contributed by atoms with Crippen LogP contribution in [0.2, 0.25) is 0 Å². The summed E-state index contributed by atoms with van der Waals surface area (Å²) in [7, 11) is 0. The molecule has 1 N–H and O–H groups in total. The first-order chi connectivity index (χ1) is 11.2. The van der Waals surface area contributed by atoms with Crippen LogP contribution in [-0.4, -0.2) is 23.1 Å². The van der Waals surface area contributed by atoms with Gasteiger partial charge in [0.15, 0.2) is 23.7 Å². The molecule has 2 rings (SSSR count). The Morgan fingerprint density at radius 1 is 1.29 bits per heavy atom. The molecule has 0 spiro atoms. The zero-order valence-corrected chi connectivity index (χ0v) is 14.1. The van der Waals surface area contributed by atoms with Crippen molar-refractivity contribution in [3.8, 4) is 17.2 Å². The number of carbonyl (C=O) groups excluding carboxylic acids is 2. The molecule has 0 saturated carbocycles. The average molecular weight is 332 g/mol. The van der Waals surface area contributed by atoms with Crippen LogP contribution in [0.15, 0.2) is 35.9 Å². The summed E-state index contributed by atoms with van der Waals surface area (Å²) in [6.45, 7) is 10.2. The van der Waals surface area contributed by atoms with Crippen molar-refractivity contribution in [2.75, 3.05) is 0 Å². The smallest absolute Gasteiger partial charge is 0.334 e. The van der Waals surface area contributed by atoms with Gasteiger partial charge in [-0.2, -0.15) is 0 Å². The molecular weight excluding hydrogens is 312 g/mol. The number of rotatable bonds is 4. The second-order valence-electron chi connectivity index (χ2n) is 5.63. The first-order valence-electron chi connectivity index (χ1n) is 7.45. The van der Waals surface area contributed by atoms with E-state index in [4.69, 9.17) is 14.2 Å². The largest absolute Gasteiger partial charge is 0.504 e. The van der Waals surface area contributed by atoms with Gasteiger partial charge in [0.05, 0.1) is 0 Å². The molecule has 1 aliphatic heterocycles. The lowest BCUT2D eigenvalue weighted by Gasteiger charge is -2.20. The molecule has 0 aliphatic carbocycles. The van der Waals surface area contributed by atoms with E-state index in [9.17, 15) is 14.7 Å². The molecule has 0 bridgehead atoms. The van der Waals surface area contributed by atoms with Crippen molar-refractivity contribution in [2.45, 2.75) is 39.9 Å². The van der Waals surface area contributed by atoms with Crippen molar-refractivity contribution in [1.29, 1.82) is 0 Å². The van der Waals surface area contributed by atoms with Gasteiger partial charge in [-0.3, -0.25) is 4.79 Å². The van der Waals surface area contributed by atoms with Gasteiger partial charge >= 0.3 is 11.9 Å². The van der Waals surface area contributed by atoms with E-state index in [-0.39, 0.29) is 11.5 Å². The molecule has 24 heavy (non-hydrogen) atoms. The number of phenolic OH excluding ortho intramolecular Hbond substituents is 1. The average Bonchev–Trinajstić information content (AvgIpc) is 2.84. The molecular formula is C18H20O6. The van der Waals surface area contributed by atoms with Gasteiger partial charge in [0.1, 0.15) is 5.75 Å². The summed E-state index contributed by atoms with van der Waals surface area (Å²) in [6, 6.07) is 2.78. The molecule has 1 aliphatic rings. The number of esters is 2. The number of phenols is 1. The minimum absolute atomic E-state index is 0.0176. The molecule has 0 amide bonds. The van der Waals surface area contributed by atoms with Crippen molar-refractivity contribution in [3.05, 3.63) is 41.5 Å². The molecule has 0 fully saturated rings. The van der Waals surface area contributed by atoms with Crippen LogP contribution in [0, 0.1) is 0 Å². The summed E-state index contributed by atoms with van der Waals surface area (Å²) >= 11 is 0. The van der Waals surface area contributed by atoms with Crippen LogP contribution in [0.3, 0.4) is 0 Å². The number of aromatic hydroxyl groups is 1. The molecule has 1 heterocycles. The predicted molar refractivity (Wildman–Crippen MR) is 86.9 cm³/mol. The molecule has 6 nitrogen and oxygen atoms in total. The number of hydrogen-bond donors (Lipinski definition) is 1. The SMILES string of the molecule is C=C(C)[C@@H]1Oc2cc(O)c(OC(C)=O)cc2[C@@H]1OC(=O)/C(C)=C\C. The Bertz CT molecular complexity index is 731. The Morgan fingerprint density at radius 3 is 2.50 bits per heavy atom. The fourth-order valence-corrected chi connectivity index (χ4v) is 2.30. The van der Waals surface area contributed by atoms with Crippen LogP contribution in [-0.2, 0) is 14.3 Å². The first kappa shape index (κ1) is 17.6. The third-order valence-corrected chi connectivity index (χ3v) is 3.66. The number of carbonyl (C=O) groups is 2. The topological polar surface area (TPSA) is 82.1 Å². The number of hydrogen-bond acceptors (Lipinski definition) is 6. The standard InChI is InChI=1S/C18H20O6/c1-6-10(4)18(21)24-17-12-7-15(22-11(5)19)13(20)8-14(12)23-16(17)9(2)3/h6-8,16-17,20H,2H2,1,3-5H3/b10-6-/t16-,17-/m0/s1. The van der Waals surface area contributed by atoms with E-state index in [0.29, 0.717) is 22.5 Å². The van der Waals surface area contributed by atoms with Crippen molar-refractivity contribution in [2.24, 2.45) is 0 Å². The summed E-state index contributed by atoms with van der Waals surface area (Å²) < 4.78 is 16.3. The van der Waals surface area contributed by atoms with Gasteiger partial charge in [-0.15, -0.1) is 0 Å². The van der Waals surface area contributed by atoms with Crippen molar-refractivity contribution in [3.63, 3.8) is 0 Å². The Morgan fingerprint density at radius 2 is 1.96 bits per heavy atom. The number of ether oxygens (including phenoxy) is 3. The van der Waals surface area contributed by atoms with E-state index in [1.165, 1.54) is 19.1 Å². The summed E-state index contributed by atoms with van der Waals surface area (Å²) in [6.07, 6.45) is 0.325. The Kier molecular flexibility index (Phi) is 4.97. The maximum atomic E-state index is 12.1. The molecule has 128 valence electrons. The lowest BCUT2D eigenvalue weighted by Crippen LogP contribution is -2.24. The molecule has 1 aromatic rings. The molecule has 0 radical (unpaired) electrons. The predicted octanol–water partition coefficient (Wildman–Crippen LogP) is 3.21. The normalized spacial score (nSPS) is 19.2. The Labute approximate surface area is 140 Å². The van der Waals surface area contributed by atoms with Crippen LogP contribution in [0.4, 0.5) is 0 Å². The van der Waals surface area contributed by atoms with Gasteiger partial charge in [-0.1, -0.05) is 12.7 Å². The van der Waals surface area contributed by atoms with Crippen LogP contribution in [0.1, 0.15) is 39.4 Å². The van der Waals surface area contributed by atoms with Crippen LogP contribution < -0.4 is 9.47 Å². The fourth-order valence-electron chi connectivity index (χ4n) is 2.30. The second-order valence-corrected chi connectivity index (χ2v) is 5.63. The van der Waals surface area contributed by atoms with Gasteiger partial charge in [0.25, 0.3) is 0 Å². The summed E-state index contributed by atoms with van der Waals surface area (Å²) in [4.78, 5) is 23.3. The van der Waals surface area contributed by atoms with Crippen LogP contribution in [0.5, 0.6) is 17.2 Å². The third-order valence-electron chi connectivity index (χ3n) is 3.66. The minimum Gasteiger partial charge on any atom is -0.504 e. The molecule has 0 saturated heterocycles. The first-order valence-corrected chi connectivity index (χ1v) is 7.45. The minimum atomic E-state index is -0.741. The number of allylic oxidation sites excluding steroid dienone is 1. The van der Waals surface area contributed by atoms with E-state index in [0.717, 1.165) is 0 Å². The maximum absolute atomic E-state index is 12.1.